The van der Waals surface area contributed by atoms with E-state index in [4.69, 9.17) is 0 Å². The van der Waals surface area contributed by atoms with Crippen molar-refractivity contribution in [3.8, 4) is 0 Å². The summed E-state index contributed by atoms with van der Waals surface area (Å²) in [5.41, 5.74) is 0. The van der Waals surface area contributed by atoms with E-state index in [2.05, 4.69) is 5.32 Å². The fraction of sp³-hybridized carbons (Fsp3) is 1.00. The van der Waals surface area contributed by atoms with Gasteiger partial charge < -0.3 is 5.32 Å². The summed E-state index contributed by atoms with van der Waals surface area (Å²) in [4.78, 5) is 0. The first-order chi connectivity index (χ1) is 6.64. The number of nitrogens with one attached hydrogen (secondary N) is 1. The van der Waals surface area contributed by atoms with Crippen LogP contribution < -0.4 is 5.32 Å². The molecule has 0 bridgehead atoms. The Hall–Kier alpha value is -0.140. The third-order valence-electron chi connectivity index (χ3n) is 1.83. The molecule has 92 valence electrons. The van der Waals surface area contributed by atoms with E-state index in [1.165, 1.54) is 0 Å². The van der Waals surface area contributed by atoms with Gasteiger partial charge in [-0.1, -0.05) is 6.92 Å². The minimum Gasteiger partial charge on any atom is -0.313 e. The highest BCUT2D eigenvalue weighted by Gasteiger charge is 2.16. The van der Waals surface area contributed by atoms with Gasteiger partial charge in [0.05, 0.1) is 11.5 Å². The van der Waals surface area contributed by atoms with Crippen molar-refractivity contribution in [2.24, 2.45) is 0 Å². The molecule has 0 aliphatic heterocycles. The summed E-state index contributed by atoms with van der Waals surface area (Å²) in [6.45, 7) is 2.49. The van der Waals surface area contributed by atoms with Crippen LogP contribution in [0.2, 0.25) is 0 Å². The maximum Gasteiger partial charge on any atom is 0.148 e. The zero-order valence-corrected chi connectivity index (χ0v) is 11.0. The summed E-state index contributed by atoms with van der Waals surface area (Å²) in [5, 5.41) is 2.97. The number of hydrogen-bond donors (Lipinski definition) is 1. The van der Waals surface area contributed by atoms with Crippen LogP contribution in [0.5, 0.6) is 0 Å². The highest BCUT2D eigenvalue weighted by molar-refractivity contribution is 7.91. The van der Waals surface area contributed by atoms with Crippen molar-refractivity contribution >= 4 is 19.7 Å². The van der Waals surface area contributed by atoms with E-state index in [0.717, 1.165) is 12.5 Å². The van der Waals surface area contributed by atoms with E-state index in [1.807, 2.05) is 6.92 Å². The molecule has 1 atom stereocenters. The standard InChI is InChI=1S/C8H19NO4S2/c1-4-9-8(7-15(3,12)13)5-6-14(2,10)11/h8-9H,4-7H2,1-3H3. The smallest absolute Gasteiger partial charge is 0.148 e. The Morgan fingerprint density at radius 2 is 1.60 bits per heavy atom. The normalized spacial score (nSPS) is 15.1. The summed E-state index contributed by atoms with van der Waals surface area (Å²) in [5.74, 6) is -0.00343. The molecule has 0 saturated carbocycles. The van der Waals surface area contributed by atoms with Gasteiger partial charge >= 0.3 is 0 Å². The van der Waals surface area contributed by atoms with Crippen molar-refractivity contribution in [1.29, 1.82) is 0 Å². The van der Waals surface area contributed by atoms with Crippen LogP contribution in [0, 0.1) is 0 Å². The van der Waals surface area contributed by atoms with E-state index >= 15 is 0 Å². The Labute approximate surface area is 92.1 Å². The van der Waals surface area contributed by atoms with Gasteiger partial charge in [0.2, 0.25) is 0 Å². The predicted molar refractivity (Wildman–Crippen MR) is 61.5 cm³/mol. The zero-order valence-electron chi connectivity index (χ0n) is 9.36. The summed E-state index contributed by atoms with van der Waals surface area (Å²) < 4.78 is 44.0. The van der Waals surface area contributed by atoms with Crippen LogP contribution >= 0.6 is 0 Å². The first-order valence-corrected chi connectivity index (χ1v) is 8.85. The maximum absolute atomic E-state index is 11.1. The average molecular weight is 257 g/mol. The number of hydrogen-bond acceptors (Lipinski definition) is 5. The van der Waals surface area contributed by atoms with Crippen molar-refractivity contribution < 1.29 is 16.8 Å². The first kappa shape index (κ1) is 14.9. The molecule has 1 N–H and O–H groups in total. The van der Waals surface area contributed by atoms with Crippen LogP contribution in [0.25, 0.3) is 0 Å². The first-order valence-electron chi connectivity index (χ1n) is 4.73. The van der Waals surface area contributed by atoms with Crippen LogP contribution in [0.4, 0.5) is 0 Å². The fourth-order valence-corrected chi connectivity index (χ4v) is 2.98. The van der Waals surface area contributed by atoms with Crippen LogP contribution in [0.3, 0.4) is 0 Å². The van der Waals surface area contributed by atoms with E-state index in [-0.39, 0.29) is 17.5 Å². The van der Waals surface area contributed by atoms with Gasteiger partial charge in [0.1, 0.15) is 19.7 Å². The SMILES string of the molecule is CCNC(CCS(C)(=O)=O)CS(C)(=O)=O. The molecule has 0 radical (unpaired) electrons. The number of rotatable bonds is 7. The molecule has 0 aromatic carbocycles. The molecule has 0 fully saturated rings. The molecule has 0 heterocycles. The molecule has 1 unspecified atom stereocenters. The van der Waals surface area contributed by atoms with Gasteiger partial charge in [0.15, 0.2) is 0 Å². The van der Waals surface area contributed by atoms with Crippen molar-refractivity contribution in [1.82, 2.24) is 5.32 Å². The molecular formula is C8H19NO4S2. The minimum atomic E-state index is -3.07. The van der Waals surface area contributed by atoms with Crippen molar-refractivity contribution in [2.75, 3.05) is 30.6 Å². The molecule has 0 amide bonds. The van der Waals surface area contributed by atoms with E-state index < -0.39 is 19.7 Å². The van der Waals surface area contributed by atoms with Crippen molar-refractivity contribution in [3.05, 3.63) is 0 Å². The average Bonchev–Trinajstić information content (AvgIpc) is 1.96. The lowest BCUT2D eigenvalue weighted by atomic mass is 10.2. The van der Waals surface area contributed by atoms with Crippen LogP contribution in [-0.4, -0.2) is 53.4 Å². The lowest BCUT2D eigenvalue weighted by Gasteiger charge is -2.15. The van der Waals surface area contributed by atoms with Crippen molar-refractivity contribution in [2.45, 2.75) is 19.4 Å². The molecule has 7 heteroatoms. The maximum atomic E-state index is 11.1. The second-order valence-electron chi connectivity index (χ2n) is 3.77. The highest BCUT2D eigenvalue weighted by atomic mass is 32.2. The molecule has 0 rings (SSSR count). The minimum absolute atomic E-state index is 0.0141. The van der Waals surface area contributed by atoms with Crippen LogP contribution in [0.1, 0.15) is 13.3 Å². The van der Waals surface area contributed by atoms with E-state index in [1.54, 1.807) is 0 Å². The third kappa shape index (κ3) is 10.1. The quantitative estimate of drug-likeness (QED) is 0.661. The van der Waals surface area contributed by atoms with Crippen molar-refractivity contribution in [3.63, 3.8) is 0 Å². The molecule has 0 spiro atoms. The lowest BCUT2D eigenvalue weighted by molar-refractivity contribution is 0.530. The molecule has 0 aromatic rings. The number of sulfone groups is 2. The van der Waals surface area contributed by atoms with Gasteiger partial charge in [-0.05, 0) is 13.0 Å². The second-order valence-corrected chi connectivity index (χ2v) is 8.21. The topological polar surface area (TPSA) is 80.3 Å². The molecule has 0 aliphatic carbocycles. The monoisotopic (exact) mass is 257 g/mol. The van der Waals surface area contributed by atoms with Gasteiger partial charge in [-0.25, -0.2) is 16.8 Å². The molecule has 5 nitrogen and oxygen atoms in total. The Morgan fingerprint density at radius 3 is 1.93 bits per heavy atom. The lowest BCUT2D eigenvalue weighted by Crippen LogP contribution is -2.36. The third-order valence-corrected chi connectivity index (χ3v) is 3.82. The van der Waals surface area contributed by atoms with Gasteiger partial charge in [-0.2, -0.15) is 0 Å². The van der Waals surface area contributed by atoms with Gasteiger partial charge in [-0.15, -0.1) is 0 Å². The van der Waals surface area contributed by atoms with Crippen LogP contribution in [-0.2, 0) is 19.7 Å². The summed E-state index contributed by atoms with van der Waals surface area (Å²) in [6, 6.07) is -0.278. The Bertz CT molecular complexity index is 371. The summed E-state index contributed by atoms with van der Waals surface area (Å²) in [7, 11) is -6.10. The largest absolute Gasteiger partial charge is 0.313 e. The summed E-state index contributed by atoms with van der Waals surface area (Å²) >= 11 is 0. The Balaban J connectivity index is 4.29. The Kier molecular flexibility index (Phi) is 5.76. The second kappa shape index (κ2) is 5.81. The van der Waals surface area contributed by atoms with Gasteiger partial charge in [0.25, 0.3) is 0 Å². The molecule has 0 aromatic heterocycles. The van der Waals surface area contributed by atoms with Gasteiger partial charge in [-0.3, -0.25) is 0 Å². The molecule has 15 heavy (non-hydrogen) atoms. The van der Waals surface area contributed by atoms with E-state index in [9.17, 15) is 16.8 Å². The fourth-order valence-electron chi connectivity index (χ4n) is 1.25. The predicted octanol–water partition coefficient (Wildman–Crippen LogP) is -0.556. The molecule has 0 saturated heterocycles. The highest BCUT2D eigenvalue weighted by Crippen LogP contribution is 2.00. The molecule has 0 aliphatic rings. The van der Waals surface area contributed by atoms with Crippen LogP contribution in [0.15, 0.2) is 0 Å². The summed E-state index contributed by atoms with van der Waals surface area (Å²) in [6.07, 6.45) is 2.63. The Morgan fingerprint density at radius 1 is 1.07 bits per heavy atom. The van der Waals surface area contributed by atoms with E-state index in [0.29, 0.717) is 13.0 Å². The zero-order chi connectivity index (χ0) is 12.1. The van der Waals surface area contributed by atoms with Gasteiger partial charge in [0, 0.05) is 18.6 Å². The molecular weight excluding hydrogens is 238 g/mol.